The maximum Gasteiger partial charge on any atom is 0.246 e. The van der Waals surface area contributed by atoms with Gasteiger partial charge in [0.25, 0.3) is 0 Å². The Morgan fingerprint density at radius 1 is 1.35 bits per heavy atom. The SMILES string of the molecule is Cc1ccc(S(=O)(=O)N2C[C@H](O)[C@@H](N(C)C)C2)c(F)c1. The van der Waals surface area contributed by atoms with Crippen molar-refractivity contribution < 1.29 is 17.9 Å². The number of aliphatic hydroxyl groups is 1. The van der Waals surface area contributed by atoms with Crippen LogP contribution in [0.15, 0.2) is 23.1 Å². The third kappa shape index (κ3) is 2.71. The fourth-order valence-electron chi connectivity index (χ4n) is 2.39. The third-order valence-electron chi connectivity index (χ3n) is 3.59. The van der Waals surface area contributed by atoms with E-state index in [4.69, 9.17) is 0 Å². The number of nitrogens with zero attached hydrogens (tertiary/aromatic N) is 2. The molecule has 1 saturated heterocycles. The lowest BCUT2D eigenvalue weighted by Gasteiger charge is -2.21. The zero-order valence-electron chi connectivity index (χ0n) is 11.7. The second-order valence-electron chi connectivity index (χ2n) is 5.35. The molecular weight excluding hydrogens is 283 g/mol. The molecule has 2 rings (SSSR count). The zero-order chi connectivity index (χ0) is 15.1. The van der Waals surface area contributed by atoms with Crippen molar-refractivity contribution in [2.75, 3.05) is 27.2 Å². The maximum atomic E-state index is 13.9. The van der Waals surface area contributed by atoms with Crippen LogP contribution in [0.2, 0.25) is 0 Å². The zero-order valence-corrected chi connectivity index (χ0v) is 12.6. The summed E-state index contributed by atoms with van der Waals surface area (Å²) >= 11 is 0. The summed E-state index contributed by atoms with van der Waals surface area (Å²) < 4.78 is 39.9. The minimum atomic E-state index is -3.91. The molecule has 5 nitrogen and oxygen atoms in total. The monoisotopic (exact) mass is 302 g/mol. The number of aliphatic hydroxyl groups excluding tert-OH is 1. The molecule has 0 spiro atoms. The summed E-state index contributed by atoms with van der Waals surface area (Å²) in [6.45, 7) is 1.84. The number of hydrogen-bond donors (Lipinski definition) is 1. The maximum absolute atomic E-state index is 13.9. The molecule has 2 atom stereocenters. The van der Waals surface area contributed by atoms with Crippen LogP contribution in [-0.2, 0) is 10.0 Å². The minimum absolute atomic E-state index is 0.0154. The van der Waals surface area contributed by atoms with Gasteiger partial charge in [-0.15, -0.1) is 0 Å². The number of benzene rings is 1. The molecule has 1 aliphatic rings. The Kier molecular flexibility index (Phi) is 4.15. The Morgan fingerprint density at radius 3 is 2.50 bits per heavy atom. The van der Waals surface area contributed by atoms with Gasteiger partial charge >= 0.3 is 0 Å². The number of sulfonamides is 1. The fraction of sp³-hybridized carbons (Fsp3) is 0.538. The molecule has 0 bridgehead atoms. The first-order chi connectivity index (χ1) is 9.23. The Labute approximate surface area is 118 Å². The van der Waals surface area contributed by atoms with E-state index < -0.39 is 21.9 Å². The molecule has 1 heterocycles. The lowest BCUT2D eigenvalue weighted by molar-refractivity contribution is 0.113. The number of hydrogen-bond acceptors (Lipinski definition) is 4. The van der Waals surface area contributed by atoms with Gasteiger partial charge in [-0.3, -0.25) is 0 Å². The van der Waals surface area contributed by atoms with Crippen LogP contribution in [0.4, 0.5) is 4.39 Å². The van der Waals surface area contributed by atoms with Crippen LogP contribution in [0, 0.1) is 12.7 Å². The van der Waals surface area contributed by atoms with Crippen molar-refractivity contribution in [2.24, 2.45) is 0 Å². The standard InChI is InChI=1S/C13H19FN2O3S/c1-9-4-5-13(10(14)6-9)20(18,19)16-7-11(15(2)3)12(17)8-16/h4-6,11-12,17H,7-8H2,1-3H3/t11-,12-/m0/s1. The predicted octanol–water partition coefficient (Wildman–Crippen LogP) is 0.430. The third-order valence-corrected chi connectivity index (χ3v) is 5.46. The van der Waals surface area contributed by atoms with Gasteiger partial charge < -0.3 is 10.0 Å². The molecule has 0 saturated carbocycles. The van der Waals surface area contributed by atoms with E-state index in [-0.39, 0.29) is 24.0 Å². The van der Waals surface area contributed by atoms with Crippen LogP contribution < -0.4 is 0 Å². The quantitative estimate of drug-likeness (QED) is 0.879. The highest BCUT2D eigenvalue weighted by molar-refractivity contribution is 7.89. The summed E-state index contributed by atoms with van der Waals surface area (Å²) in [5.41, 5.74) is 0.661. The molecule has 0 amide bonds. The van der Waals surface area contributed by atoms with Gasteiger partial charge in [-0.25, -0.2) is 12.8 Å². The molecule has 0 aromatic heterocycles. The van der Waals surface area contributed by atoms with E-state index in [1.807, 2.05) is 0 Å². The molecule has 7 heteroatoms. The van der Waals surface area contributed by atoms with Crippen molar-refractivity contribution >= 4 is 10.0 Å². The number of aryl methyl sites for hydroxylation is 1. The van der Waals surface area contributed by atoms with Crippen LogP contribution in [0.3, 0.4) is 0 Å². The summed E-state index contributed by atoms with van der Waals surface area (Å²) in [6, 6.07) is 3.75. The summed E-state index contributed by atoms with van der Waals surface area (Å²) in [5.74, 6) is -0.757. The van der Waals surface area contributed by atoms with E-state index in [1.165, 1.54) is 12.1 Å². The largest absolute Gasteiger partial charge is 0.390 e. The molecule has 112 valence electrons. The molecule has 1 N–H and O–H groups in total. The summed E-state index contributed by atoms with van der Waals surface area (Å²) in [4.78, 5) is 1.43. The van der Waals surface area contributed by atoms with Gasteiger partial charge in [0.05, 0.1) is 12.1 Å². The first-order valence-corrected chi connectivity index (χ1v) is 7.78. The molecule has 1 aliphatic heterocycles. The first-order valence-electron chi connectivity index (χ1n) is 6.34. The number of likely N-dealkylation sites (N-methyl/N-ethyl adjacent to an activating group) is 1. The second kappa shape index (κ2) is 5.40. The van der Waals surface area contributed by atoms with E-state index in [0.29, 0.717) is 5.56 Å². The van der Waals surface area contributed by atoms with E-state index in [0.717, 1.165) is 4.31 Å². The molecule has 0 aliphatic carbocycles. The molecule has 1 aromatic rings. The van der Waals surface area contributed by atoms with Crippen LogP contribution in [0.25, 0.3) is 0 Å². The topological polar surface area (TPSA) is 60.9 Å². The van der Waals surface area contributed by atoms with E-state index >= 15 is 0 Å². The van der Waals surface area contributed by atoms with Crippen LogP contribution >= 0.6 is 0 Å². The Bertz CT molecular complexity index is 604. The average molecular weight is 302 g/mol. The van der Waals surface area contributed by atoms with Crippen molar-refractivity contribution in [3.63, 3.8) is 0 Å². The summed E-state index contributed by atoms with van der Waals surface area (Å²) in [7, 11) is -0.365. The minimum Gasteiger partial charge on any atom is -0.390 e. The number of rotatable bonds is 3. The van der Waals surface area contributed by atoms with Gasteiger partial charge in [-0.1, -0.05) is 6.07 Å². The molecular formula is C13H19FN2O3S. The Morgan fingerprint density at radius 2 is 2.00 bits per heavy atom. The van der Waals surface area contributed by atoms with Crippen LogP contribution in [0.5, 0.6) is 0 Å². The number of halogens is 1. The van der Waals surface area contributed by atoms with E-state index in [9.17, 15) is 17.9 Å². The van der Waals surface area contributed by atoms with Gasteiger partial charge in [0.2, 0.25) is 10.0 Å². The normalized spacial score (nSPS) is 24.5. The van der Waals surface area contributed by atoms with Gasteiger partial charge in [0.15, 0.2) is 0 Å². The van der Waals surface area contributed by atoms with Crippen molar-refractivity contribution in [2.45, 2.75) is 24.0 Å². The lowest BCUT2D eigenvalue weighted by atomic mass is 10.2. The first kappa shape index (κ1) is 15.4. The van der Waals surface area contributed by atoms with Gasteiger partial charge in [-0.2, -0.15) is 4.31 Å². The Hall–Kier alpha value is -1.02. The highest BCUT2D eigenvalue weighted by atomic mass is 32.2. The summed E-state index contributed by atoms with van der Waals surface area (Å²) in [6.07, 6.45) is -0.770. The van der Waals surface area contributed by atoms with Crippen LogP contribution in [0.1, 0.15) is 5.56 Å². The smallest absolute Gasteiger partial charge is 0.246 e. The lowest BCUT2D eigenvalue weighted by Crippen LogP contribution is -2.38. The van der Waals surface area contributed by atoms with Crippen molar-refractivity contribution in [3.05, 3.63) is 29.6 Å². The molecule has 20 heavy (non-hydrogen) atoms. The van der Waals surface area contributed by atoms with E-state index in [1.54, 1.807) is 32.0 Å². The van der Waals surface area contributed by atoms with Crippen molar-refractivity contribution in [3.8, 4) is 0 Å². The van der Waals surface area contributed by atoms with Gasteiger partial charge in [-0.05, 0) is 38.7 Å². The summed E-state index contributed by atoms with van der Waals surface area (Å²) in [5, 5.41) is 9.91. The number of β-amino-alcohol motifs (C(OH)–C–C–N with tert-alkyl or cyclic N) is 1. The predicted molar refractivity (Wildman–Crippen MR) is 73.4 cm³/mol. The highest BCUT2D eigenvalue weighted by Crippen LogP contribution is 2.25. The van der Waals surface area contributed by atoms with Crippen molar-refractivity contribution in [1.82, 2.24) is 9.21 Å². The highest BCUT2D eigenvalue weighted by Gasteiger charge is 2.40. The Balaban J connectivity index is 2.32. The molecule has 1 fully saturated rings. The van der Waals surface area contributed by atoms with Crippen LogP contribution in [-0.4, -0.2) is 62.1 Å². The average Bonchev–Trinajstić information content (AvgIpc) is 2.71. The van der Waals surface area contributed by atoms with E-state index in [2.05, 4.69) is 0 Å². The second-order valence-corrected chi connectivity index (χ2v) is 7.26. The van der Waals surface area contributed by atoms with Crippen molar-refractivity contribution in [1.29, 1.82) is 0 Å². The van der Waals surface area contributed by atoms with Gasteiger partial charge in [0, 0.05) is 13.1 Å². The molecule has 0 unspecified atom stereocenters. The molecule has 0 radical (unpaired) electrons. The fourth-order valence-corrected chi connectivity index (χ4v) is 3.91. The molecule has 1 aromatic carbocycles. The van der Waals surface area contributed by atoms with Gasteiger partial charge in [0.1, 0.15) is 10.7 Å².